The lowest BCUT2D eigenvalue weighted by molar-refractivity contribution is 0.0173. The molecule has 0 aliphatic heterocycles. The highest BCUT2D eigenvalue weighted by molar-refractivity contribution is 7.46. The van der Waals surface area contributed by atoms with Crippen LogP contribution in [0.4, 0.5) is 0 Å². The minimum atomic E-state index is -4.39. The third-order valence-corrected chi connectivity index (χ3v) is 4.46. The maximum Gasteiger partial charge on any atom is 0.470 e. The zero-order valence-corrected chi connectivity index (χ0v) is 13.6. The molecular weight excluding hydrogens is 263 g/mol. The largest absolute Gasteiger partial charge is 0.470 e. The van der Waals surface area contributed by atoms with Crippen molar-refractivity contribution in [3.8, 4) is 0 Å². The second kappa shape index (κ2) is 9.93. The minimum Gasteiger partial charge on any atom is -0.303 e. The van der Waals surface area contributed by atoms with Gasteiger partial charge in [-0.25, -0.2) is 4.57 Å². The molecule has 0 saturated heterocycles. The van der Waals surface area contributed by atoms with Gasteiger partial charge in [-0.15, -0.1) is 0 Å². The highest BCUT2D eigenvalue weighted by atomic mass is 31.2. The van der Waals surface area contributed by atoms with Crippen molar-refractivity contribution >= 4 is 7.82 Å². The number of phosphoric acid groups is 1. The Morgan fingerprint density at radius 2 is 1.37 bits per heavy atom. The van der Waals surface area contributed by atoms with Crippen molar-refractivity contribution in [3.63, 3.8) is 0 Å². The Morgan fingerprint density at radius 3 is 1.79 bits per heavy atom. The number of hydrogen-bond acceptors (Lipinski definition) is 2. The number of rotatable bonds is 12. The first-order chi connectivity index (χ1) is 8.89. The summed E-state index contributed by atoms with van der Waals surface area (Å²) in [5.41, 5.74) is -0.650. The predicted octanol–water partition coefficient (Wildman–Crippen LogP) is 4.80. The Kier molecular flexibility index (Phi) is 9.98. The monoisotopic (exact) mass is 294 g/mol. The van der Waals surface area contributed by atoms with Gasteiger partial charge < -0.3 is 9.79 Å². The Labute approximate surface area is 118 Å². The summed E-state index contributed by atoms with van der Waals surface area (Å²) in [7, 11) is -4.39. The van der Waals surface area contributed by atoms with Crippen LogP contribution in [0.3, 0.4) is 0 Å². The lowest BCUT2D eigenvalue weighted by atomic mass is 9.90. The third kappa shape index (κ3) is 9.61. The highest BCUT2D eigenvalue weighted by Gasteiger charge is 2.34. The summed E-state index contributed by atoms with van der Waals surface area (Å²) in [6, 6.07) is 0. The summed E-state index contributed by atoms with van der Waals surface area (Å²) in [5, 5.41) is 0. The fraction of sp³-hybridized carbons (Fsp3) is 1.00. The van der Waals surface area contributed by atoms with Gasteiger partial charge in [-0.05, 0) is 19.3 Å². The van der Waals surface area contributed by atoms with Crippen LogP contribution in [0.15, 0.2) is 0 Å². The van der Waals surface area contributed by atoms with Gasteiger partial charge in [0.15, 0.2) is 0 Å². The molecule has 0 spiro atoms. The van der Waals surface area contributed by atoms with E-state index in [0.717, 1.165) is 19.3 Å². The minimum absolute atomic E-state index is 0.643. The van der Waals surface area contributed by atoms with Gasteiger partial charge in [0.25, 0.3) is 0 Å². The molecule has 0 unspecified atom stereocenters. The first-order valence-electron chi connectivity index (χ1n) is 7.65. The van der Waals surface area contributed by atoms with Crippen LogP contribution in [-0.4, -0.2) is 15.4 Å². The third-order valence-electron chi connectivity index (χ3n) is 3.84. The topological polar surface area (TPSA) is 66.8 Å². The smallest absolute Gasteiger partial charge is 0.303 e. The molecule has 0 bridgehead atoms. The Morgan fingerprint density at radius 1 is 0.895 bits per heavy atom. The number of unbranched alkanes of at least 4 members (excludes halogenated alkanes) is 6. The van der Waals surface area contributed by atoms with Gasteiger partial charge in [0.2, 0.25) is 0 Å². The van der Waals surface area contributed by atoms with E-state index in [4.69, 9.17) is 14.3 Å². The average Bonchev–Trinajstić information content (AvgIpc) is 2.35. The molecule has 4 nitrogen and oxygen atoms in total. The van der Waals surface area contributed by atoms with E-state index < -0.39 is 13.4 Å². The molecule has 0 heterocycles. The molecule has 2 N–H and O–H groups in total. The molecule has 0 atom stereocenters. The number of phosphoric ester groups is 1. The highest BCUT2D eigenvalue weighted by Crippen LogP contribution is 2.45. The Balaban J connectivity index is 3.98. The van der Waals surface area contributed by atoms with E-state index in [1.54, 1.807) is 0 Å². The molecule has 0 rings (SSSR count). The van der Waals surface area contributed by atoms with Crippen LogP contribution >= 0.6 is 7.82 Å². The van der Waals surface area contributed by atoms with Gasteiger partial charge in [-0.1, -0.05) is 65.7 Å². The molecule has 0 aliphatic rings. The molecule has 0 aromatic heterocycles. The van der Waals surface area contributed by atoms with E-state index in [0.29, 0.717) is 12.8 Å². The lowest BCUT2D eigenvalue weighted by Crippen LogP contribution is -2.29. The van der Waals surface area contributed by atoms with Gasteiger partial charge in [0.05, 0.1) is 5.60 Å². The van der Waals surface area contributed by atoms with Crippen LogP contribution in [0.5, 0.6) is 0 Å². The van der Waals surface area contributed by atoms with E-state index in [1.165, 1.54) is 32.1 Å². The molecule has 5 heteroatoms. The number of hydrogen-bond donors (Lipinski definition) is 2. The Hall–Kier alpha value is 0.110. The summed E-state index contributed by atoms with van der Waals surface area (Å²) in [4.78, 5) is 18.0. The van der Waals surface area contributed by atoms with Gasteiger partial charge in [-0.3, -0.25) is 4.52 Å². The fourth-order valence-electron chi connectivity index (χ4n) is 2.43. The lowest BCUT2D eigenvalue weighted by Gasteiger charge is -2.31. The van der Waals surface area contributed by atoms with Crippen molar-refractivity contribution in [1.82, 2.24) is 0 Å². The zero-order chi connectivity index (χ0) is 14.8. The van der Waals surface area contributed by atoms with E-state index >= 15 is 0 Å². The van der Waals surface area contributed by atoms with E-state index in [-0.39, 0.29) is 0 Å². The first kappa shape index (κ1) is 19.1. The second-order valence-corrected chi connectivity index (χ2v) is 6.51. The zero-order valence-electron chi connectivity index (χ0n) is 12.7. The quantitative estimate of drug-likeness (QED) is 0.401. The van der Waals surface area contributed by atoms with E-state index in [2.05, 4.69) is 6.92 Å². The van der Waals surface area contributed by atoms with Crippen molar-refractivity contribution in [2.45, 2.75) is 90.6 Å². The molecule has 0 saturated carbocycles. The molecule has 19 heavy (non-hydrogen) atoms. The molecule has 0 aromatic carbocycles. The second-order valence-electron chi connectivity index (χ2n) is 5.34. The first-order valence-corrected chi connectivity index (χ1v) is 9.18. The van der Waals surface area contributed by atoms with E-state index in [9.17, 15) is 4.57 Å². The normalized spacial score (nSPS) is 12.9. The standard InChI is InChI=1S/C14H31O4P/c1-4-7-8-9-10-11-12-13-14(5-2,6-3)18-19(15,16)17/h4-13H2,1-3H3,(H2,15,16,17). The molecular formula is C14H31O4P. The molecule has 0 amide bonds. The van der Waals surface area contributed by atoms with Crippen LogP contribution in [0, 0.1) is 0 Å². The maximum absolute atomic E-state index is 11.0. The van der Waals surface area contributed by atoms with Crippen molar-refractivity contribution in [2.24, 2.45) is 0 Å². The summed E-state index contributed by atoms with van der Waals surface area (Å²) in [6.45, 7) is 6.07. The van der Waals surface area contributed by atoms with Crippen LogP contribution in [-0.2, 0) is 9.09 Å². The molecule has 0 radical (unpaired) electrons. The summed E-state index contributed by atoms with van der Waals surface area (Å²) < 4.78 is 16.1. The molecule has 0 aliphatic carbocycles. The SMILES string of the molecule is CCCCCCCCCC(CC)(CC)OP(=O)(O)O. The molecule has 0 fully saturated rings. The summed E-state index contributed by atoms with van der Waals surface area (Å²) in [5.74, 6) is 0. The summed E-state index contributed by atoms with van der Waals surface area (Å²) >= 11 is 0. The maximum atomic E-state index is 11.0. The summed E-state index contributed by atoms with van der Waals surface area (Å²) in [6.07, 6.45) is 10.4. The van der Waals surface area contributed by atoms with Crippen molar-refractivity contribution in [2.75, 3.05) is 0 Å². The van der Waals surface area contributed by atoms with Gasteiger partial charge >= 0.3 is 7.82 Å². The van der Waals surface area contributed by atoms with Crippen LogP contribution in [0.25, 0.3) is 0 Å². The average molecular weight is 294 g/mol. The molecule has 116 valence electrons. The molecule has 0 aromatic rings. The van der Waals surface area contributed by atoms with Crippen LogP contribution in [0.2, 0.25) is 0 Å². The van der Waals surface area contributed by atoms with Gasteiger partial charge in [-0.2, -0.15) is 0 Å². The van der Waals surface area contributed by atoms with Crippen molar-refractivity contribution in [3.05, 3.63) is 0 Å². The van der Waals surface area contributed by atoms with Gasteiger partial charge in [0.1, 0.15) is 0 Å². The predicted molar refractivity (Wildman–Crippen MR) is 79.1 cm³/mol. The fourth-order valence-corrected chi connectivity index (χ4v) is 3.29. The van der Waals surface area contributed by atoms with Crippen molar-refractivity contribution in [1.29, 1.82) is 0 Å². The van der Waals surface area contributed by atoms with Crippen LogP contribution in [0.1, 0.15) is 85.0 Å². The van der Waals surface area contributed by atoms with Crippen molar-refractivity contribution < 1.29 is 18.9 Å². The van der Waals surface area contributed by atoms with E-state index in [1.807, 2.05) is 13.8 Å². The van der Waals surface area contributed by atoms with Gasteiger partial charge in [0, 0.05) is 0 Å². The van der Waals surface area contributed by atoms with Crippen LogP contribution < -0.4 is 0 Å². The Bertz CT molecular complexity index is 258.